The van der Waals surface area contributed by atoms with Crippen LogP contribution in [0.3, 0.4) is 0 Å². The highest BCUT2D eigenvalue weighted by Crippen LogP contribution is 2.25. The molecule has 1 saturated heterocycles. The number of amides is 2. The van der Waals surface area contributed by atoms with Gasteiger partial charge in [-0.05, 0) is 55.0 Å². The van der Waals surface area contributed by atoms with Crippen molar-refractivity contribution in [2.75, 3.05) is 44.7 Å². The molecule has 7 heteroatoms. The number of ether oxygens (including phenoxy) is 2. The van der Waals surface area contributed by atoms with Gasteiger partial charge < -0.3 is 19.3 Å². The molecule has 2 heterocycles. The third-order valence-corrected chi connectivity index (χ3v) is 5.62. The molecule has 0 saturated carbocycles. The van der Waals surface area contributed by atoms with E-state index in [0.29, 0.717) is 17.9 Å². The lowest BCUT2D eigenvalue weighted by Gasteiger charge is -2.32. The zero-order valence-corrected chi connectivity index (χ0v) is 17.3. The topological polar surface area (TPSA) is 72.3 Å². The summed E-state index contributed by atoms with van der Waals surface area (Å²) in [5, 5.41) is 2.64. The molecule has 2 amide bonds. The van der Waals surface area contributed by atoms with Crippen molar-refractivity contribution in [3.05, 3.63) is 59.2 Å². The minimum Gasteiger partial charge on any atom is -0.493 e. The molecule has 2 N–H and O–H groups in total. The summed E-state index contributed by atoms with van der Waals surface area (Å²) in [5.74, 6) is 1.05. The molecule has 158 valence electrons. The van der Waals surface area contributed by atoms with E-state index < -0.39 is 6.09 Å². The lowest BCUT2D eigenvalue weighted by molar-refractivity contribution is -0.917. The third-order valence-electron chi connectivity index (χ3n) is 5.62. The Bertz CT molecular complexity index is 905. The molecule has 0 aromatic heterocycles. The van der Waals surface area contributed by atoms with Gasteiger partial charge >= 0.3 is 6.09 Å². The molecule has 30 heavy (non-hydrogen) atoms. The number of benzene rings is 2. The molecule has 2 aliphatic heterocycles. The van der Waals surface area contributed by atoms with Gasteiger partial charge in [0.2, 0.25) is 0 Å². The summed E-state index contributed by atoms with van der Waals surface area (Å²) < 4.78 is 10.4. The maximum atomic E-state index is 12.8. The predicted octanol–water partition coefficient (Wildman–Crippen LogP) is 1.73. The van der Waals surface area contributed by atoms with Gasteiger partial charge in [0.15, 0.2) is 0 Å². The number of hydrogen-bond donors (Lipinski definition) is 2. The van der Waals surface area contributed by atoms with Crippen molar-refractivity contribution in [2.24, 2.45) is 0 Å². The summed E-state index contributed by atoms with van der Waals surface area (Å²) in [7, 11) is 0. The van der Waals surface area contributed by atoms with E-state index in [1.165, 1.54) is 16.0 Å². The van der Waals surface area contributed by atoms with Crippen molar-refractivity contribution in [1.29, 1.82) is 0 Å². The Labute approximate surface area is 176 Å². The molecule has 0 unspecified atom stereocenters. The van der Waals surface area contributed by atoms with E-state index in [9.17, 15) is 9.59 Å². The lowest BCUT2D eigenvalue weighted by atomic mass is 10.1. The van der Waals surface area contributed by atoms with Crippen LogP contribution >= 0.6 is 0 Å². The summed E-state index contributed by atoms with van der Waals surface area (Å²) in [5.41, 5.74) is 3.88. The van der Waals surface area contributed by atoms with Crippen LogP contribution in [0.25, 0.3) is 0 Å². The van der Waals surface area contributed by atoms with Gasteiger partial charge in [-0.25, -0.2) is 4.79 Å². The number of anilines is 1. The second-order valence-corrected chi connectivity index (χ2v) is 7.68. The number of quaternary nitrogens is 1. The van der Waals surface area contributed by atoms with Gasteiger partial charge in [-0.3, -0.25) is 10.1 Å². The average molecular weight is 410 g/mol. The van der Waals surface area contributed by atoms with Gasteiger partial charge in [-0.15, -0.1) is 0 Å². The van der Waals surface area contributed by atoms with Gasteiger partial charge in [0, 0.05) is 23.2 Å². The zero-order valence-electron chi connectivity index (χ0n) is 17.3. The quantitative estimate of drug-likeness (QED) is 0.788. The Kier molecular flexibility index (Phi) is 6.18. The van der Waals surface area contributed by atoms with E-state index in [2.05, 4.69) is 23.5 Å². The van der Waals surface area contributed by atoms with Gasteiger partial charge in [-0.1, -0.05) is 0 Å². The molecule has 0 spiro atoms. The fraction of sp³-hybridized carbons (Fsp3) is 0.391. The molecule has 4 rings (SSSR count). The second kappa shape index (κ2) is 9.17. The monoisotopic (exact) mass is 410 g/mol. The third kappa shape index (κ3) is 4.74. The van der Waals surface area contributed by atoms with Crippen LogP contribution in [0, 0.1) is 0 Å². The molecular weight excluding hydrogens is 382 g/mol. The summed E-state index contributed by atoms with van der Waals surface area (Å²) in [4.78, 5) is 27.7. The molecule has 1 fully saturated rings. The van der Waals surface area contributed by atoms with Crippen LogP contribution in [-0.4, -0.2) is 56.3 Å². The Morgan fingerprint density at radius 2 is 1.90 bits per heavy atom. The van der Waals surface area contributed by atoms with Crippen molar-refractivity contribution in [3.8, 4) is 5.75 Å². The summed E-state index contributed by atoms with van der Waals surface area (Å²) in [6, 6.07) is 13.4. The summed E-state index contributed by atoms with van der Waals surface area (Å²) in [6.45, 7) is 7.18. The number of nitrogens with zero attached hydrogens (tertiary/aromatic N) is 1. The van der Waals surface area contributed by atoms with Crippen LogP contribution in [0.1, 0.15) is 28.4 Å². The first-order valence-electron chi connectivity index (χ1n) is 10.5. The number of rotatable bonds is 5. The van der Waals surface area contributed by atoms with E-state index in [-0.39, 0.29) is 5.91 Å². The van der Waals surface area contributed by atoms with E-state index in [4.69, 9.17) is 9.47 Å². The van der Waals surface area contributed by atoms with E-state index in [0.717, 1.165) is 51.5 Å². The van der Waals surface area contributed by atoms with Crippen molar-refractivity contribution < 1.29 is 24.0 Å². The first-order chi connectivity index (χ1) is 14.6. The molecule has 2 aromatic carbocycles. The molecule has 0 atom stereocenters. The van der Waals surface area contributed by atoms with Crippen molar-refractivity contribution in [1.82, 2.24) is 4.90 Å². The Morgan fingerprint density at radius 3 is 2.63 bits per heavy atom. The smallest absolute Gasteiger partial charge is 0.411 e. The van der Waals surface area contributed by atoms with Crippen LogP contribution in [0.2, 0.25) is 0 Å². The van der Waals surface area contributed by atoms with Crippen LogP contribution in [0.5, 0.6) is 5.75 Å². The maximum absolute atomic E-state index is 12.8. The number of fused-ring (bicyclic) bond motifs is 1. The van der Waals surface area contributed by atoms with Crippen LogP contribution < -0.4 is 15.0 Å². The molecule has 0 bridgehead atoms. The summed E-state index contributed by atoms with van der Waals surface area (Å²) >= 11 is 0. The first-order valence-corrected chi connectivity index (χ1v) is 10.5. The molecule has 2 aromatic rings. The lowest BCUT2D eigenvalue weighted by Crippen LogP contribution is -3.13. The number of carbonyl (C=O) groups excluding carboxylic acids is 2. The minimum atomic E-state index is -0.494. The van der Waals surface area contributed by atoms with Crippen molar-refractivity contribution in [3.63, 3.8) is 0 Å². The number of nitrogens with one attached hydrogen (secondary N) is 2. The number of piperazine rings is 1. The Balaban J connectivity index is 1.28. The Hall–Kier alpha value is -3.06. The average Bonchev–Trinajstić information content (AvgIpc) is 3.22. The van der Waals surface area contributed by atoms with Crippen molar-refractivity contribution in [2.45, 2.75) is 19.9 Å². The van der Waals surface area contributed by atoms with E-state index >= 15 is 0 Å². The SMILES string of the molecule is CCOC(=O)Nc1ccc(C(=O)N2CC[NH+](Cc3ccc4c(c3)CCO4)CC2)cc1. The van der Waals surface area contributed by atoms with Gasteiger partial charge in [0.05, 0.1) is 39.4 Å². The van der Waals surface area contributed by atoms with E-state index in [1.807, 2.05) is 4.90 Å². The fourth-order valence-electron chi connectivity index (χ4n) is 4.01. The highest BCUT2D eigenvalue weighted by molar-refractivity contribution is 5.95. The van der Waals surface area contributed by atoms with Crippen LogP contribution in [-0.2, 0) is 17.7 Å². The van der Waals surface area contributed by atoms with Crippen LogP contribution in [0.4, 0.5) is 10.5 Å². The van der Waals surface area contributed by atoms with E-state index in [1.54, 1.807) is 31.2 Å². The van der Waals surface area contributed by atoms with Gasteiger partial charge in [0.25, 0.3) is 5.91 Å². The van der Waals surface area contributed by atoms with Crippen molar-refractivity contribution >= 4 is 17.7 Å². The highest BCUT2D eigenvalue weighted by atomic mass is 16.5. The zero-order chi connectivity index (χ0) is 20.9. The predicted molar refractivity (Wildman–Crippen MR) is 113 cm³/mol. The highest BCUT2D eigenvalue weighted by Gasteiger charge is 2.25. The van der Waals surface area contributed by atoms with Gasteiger partial charge in [0.1, 0.15) is 12.3 Å². The maximum Gasteiger partial charge on any atom is 0.411 e. The van der Waals surface area contributed by atoms with Crippen LogP contribution in [0.15, 0.2) is 42.5 Å². The molecule has 0 aliphatic carbocycles. The minimum absolute atomic E-state index is 0.0337. The molecular formula is C23H28N3O4+. The largest absolute Gasteiger partial charge is 0.493 e. The van der Waals surface area contributed by atoms with Gasteiger partial charge in [-0.2, -0.15) is 0 Å². The molecule has 7 nitrogen and oxygen atoms in total. The summed E-state index contributed by atoms with van der Waals surface area (Å²) in [6.07, 6.45) is 0.501. The first kappa shape index (κ1) is 20.2. The second-order valence-electron chi connectivity index (χ2n) is 7.68. The Morgan fingerprint density at radius 1 is 1.13 bits per heavy atom. The standard InChI is InChI=1S/C23H27N3O4/c1-2-29-23(28)24-20-6-4-18(5-7-20)22(27)26-12-10-25(11-13-26)16-17-3-8-21-19(15-17)9-14-30-21/h3-8,15H,2,9-14,16H2,1H3,(H,24,28)/p+1. The molecule has 2 aliphatic rings. The normalized spacial score (nSPS) is 16.0. The molecule has 0 radical (unpaired) electrons. The number of hydrogen-bond acceptors (Lipinski definition) is 4. The number of carbonyl (C=O) groups is 2. The fourth-order valence-corrected chi connectivity index (χ4v) is 4.01.